The van der Waals surface area contributed by atoms with Crippen LogP contribution in [0.1, 0.15) is 31.0 Å². The Bertz CT molecular complexity index is 686. The van der Waals surface area contributed by atoms with Gasteiger partial charge in [0.25, 0.3) is 0 Å². The van der Waals surface area contributed by atoms with Crippen molar-refractivity contribution in [2.45, 2.75) is 38.5 Å². The van der Waals surface area contributed by atoms with Crippen LogP contribution in [0, 0.1) is 5.82 Å². The zero-order chi connectivity index (χ0) is 18.4. The Morgan fingerprint density at radius 2 is 1.80 bits per heavy atom. The van der Waals surface area contributed by atoms with Gasteiger partial charge in [-0.05, 0) is 30.7 Å². The van der Waals surface area contributed by atoms with Crippen molar-refractivity contribution in [1.29, 1.82) is 0 Å². The van der Waals surface area contributed by atoms with Crippen LogP contribution in [0.2, 0.25) is 0 Å². The van der Waals surface area contributed by atoms with Crippen LogP contribution in [0.15, 0.2) is 36.4 Å². The topological polar surface area (TPSA) is 45.1 Å². The lowest BCUT2D eigenvalue weighted by atomic mass is 10.1. The van der Waals surface area contributed by atoms with Crippen molar-refractivity contribution in [2.75, 3.05) is 6.61 Å². The number of hydrogen-bond donors (Lipinski definition) is 2. The molecule has 0 radical (unpaired) electrons. The van der Waals surface area contributed by atoms with E-state index in [4.69, 9.17) is 0 Å². The monoisotopic (exact) mass is 356 g/mol. The van der Waals surface area contributed by atoms with Crippen molar-refractivity contribution in [3.05, 3.63) is 53.5 Å². The summed E-state index contributed by atoms with van der Waals surface area (Å²) in [5.74, 6) is -0.503. The van der Waals surface area contributed by atoms with Crippen LogP contribution >= 0.6 is 0 Å². The number of nitrogens with zero attached hydrogens (tertiary/aromatic N) is 1. The van der Waals surface area contributed by atoms with E-state index in [1.807, 2.05) is 6.92 Å². The quantitative estimate of drug-likeness (QED) is 0.733. The van der Waals surface area contributed by atoms with Gasteiger partial charge in [-0.3, -0.25) is 0 Å². The second kappa shape index (κ2) is 8.40. The summed E-state index contributed by atoms with van der Waals surface area (Å²) in [4.78, 5) is 4.20. The van der Waals surface area contributed by atoms with Crippen LogP contribution in [-0.4, -0.2) is 22.7 Å². The van der Waals surface area contributed by atoms with Crippen LogP contribution in [0.5, 0.6) is 0 Å². The molecule has 0 amide bonds. The van der Waals surface area contributed by atoms with Crippen molar-refractivity contribution in [1.82, 2.24) is 10.3 Å². The van der Waals surface area contributed by atoms with E-state index in [0.29, 0.717) is 11.3 Å². The summed E-state index contributed by atoms with van der Waals surface area (Å²) in [6.45, 7) is 2.05. The molecular weight excluding hydrogens is 336 g/mol. The Labute approximate surface area is 143 Å². The molecule has 2 rings (SSSR count). The lowest BCUT2D eigenvalue weighted by Crippen LogP contribution is -2.32. The number of aromatic nitrogens is 1. The van der Waals surface area contributed by atoms with Crippen LogP contribution in [0.25, 0.3) is 11.3 Å². The number of hydrogen-bond acceptors (Lipinski definition) is 3. The summed E-state index contributed by atoms with van der Waals surface area (Å²) < 4.78 is 51.8. The molecule has 0 bridgehead atoms. The van der Waals surface area contributed by atoms with E-state index in [1.165, 1.54) is 24.3 Å². The largest absolute Gasteiger partial charge is 0.416 e. The highest BCUT2D eigenvalue weighted by atomic mass is 19.4. The molecule has 1 aromatic carbocycles. The van der Waals surface area contributed by atoms with Gasteiger partial charge in [0.05, 0.1) is 23.6 Å². The highest BCUT2D eigenvalue weighted by molar-refractivity contribution is 5.59. The number of aliphatic hydroxyl groups is 1. The molecule has 0 spiro atoms. The van der Waals surface area contributed by atoms with E-state index in [0.717, 1.165) is 25.0 Å². The standard InChI is InChI=1S/C18H20F4N2O/c1-2-3-14(11-25)23-10-17-15(19)8-9-16(24-17)12-4-6-13(7-5-12)18(20,21)22/h4-9,14,23,25H,2-3,10-11H2,1H3/t14-/m1/s1. The molecule has 0 aliphatic carbocycles. The molecule has 0 aliphatic rings. The Morgan fingerprint density at radius 3 is 2.36 bits per heavy atom. The minimum absolute atomic E-state index is 0.0615. The number of alkyl halides is 3. The zero-order valence-electron chi connectivity index (χ0n) is 13.8. The molecule has 0 fully saturated rings. The molecule has 136 valence electrons. The predicted molar refractivity (Wildman–Crippen MR) is 87.3 cm³/mol. The highest BCUT2D eigenvalue weighted by Gasteiger charge is 2.30. The summed E-state index contributed by atoms with van der Waals surface area (Å²) in [7, 11) is 0. The van der Waals surface area contributed by atoms with E-state index in [2.05, 4.69) is 10.3 Å². The van der Waals surface area contributed by atoms with Gasteiger partial charge in [-0.1, -0.05) is 25.5 Å². The molecule has 3 nitrogen and oxygen atoms in total. The van der Waals surface area contributed by atoms with Gasteiger partial charge in [0.1, 0.15) is 5.82 Å². The van der Waals surface area contributed by atoms with E-state index >= 15 is 0 Å². The van der Waals surface area contributed by atoms with E-state index in [1.54, 1.807) is 0 Å². The fourth-order valence-corrected chi connectivity index (χ4v) is 2.45. The van der Waals surface area contributed by atoms with Crippen LogP contribution < -0.4 is 5.32 Å². The Kier molecular flexibility index (Phi) is 6.50. The van der Waals surface area contributed by atoms with Crippen molar-refractivity contribution in [3.63, 3.8) is 0 Å². The van der Waals surface area contributed by atoms with E-state index in [-0.39, 0.29) is 24.9 Å². The van der Waals surface area contributed by atoms with Crippen LogP contribution in [0.4, 0.5) is 17.6 Å². The molecule has 0 unspecified atom stereocenters. The number of nitrogens with one attached hydrogen (secondary N) is 1. The lowest BCUT2D eigenvalue weighted by molar-refractivity contribution is -0.137. The molecular formula is C18H20F4N2O. The van der Waals surface area contributed by atoms with Gasteiger partial charge in [0, 0.05) is 18.2 Å². The summed E-state index contributed by atoms with van der Waals surface area (Å²) in [6.07, 6.45) is -2.78. The van der Waals surface area contributed by atoms with Gasteiger partial charge in [-0.15, -0.1) is 0 Å². The molecule has 1 aromatic heterocycles. The molecule has 2 aromatic rings. The SMILES string of the molecule is CCC[C@H](CO)NCc1nc(-c2ccc(C(F)(F)F)cc2)ccc1F. The van der Waals surface area contributed by atoms with Crippen molar-refractivity contribution in [2.24, 2.45) is 0 Å². The first-order valence-electron chi connectivity index (χ1n) is 8.02. The summed E-state index contributed by atoms with van der Waals surface area (Å²) in [5, 5.41) is 12.3. The first kappa shape index (κ1) is 19.3. The summed E-state index contributed by atoms with van der Waals surface area (Å²) in [6, 6.07) is 7.09. The Balaban J connectivity index is 2.17. The smallest absolute Gasteiger partial charge is 0.395 e. The molecule has 2 N–H and O–H groups in total. The van der Waals surface area contributed by atoms with Gasteiger partial charge in [0.2, 0.25) is 0 Å². The average Bonchev–Trinajstić information content (AvgIpc) is 2.59. The van der Waals surface area contributed by atoms with Crippen molar-refractivity contribution in [3.8, 4) is 11.3 Å². The van der Waals surface area contributed by atoms with Gasteiger partial charge in [-0.25, -0.2) is 9.37 Å². The van der Waals surface area contributed by atoms with Crippen LogP contribution in [0.3, 0.4) is 0 Å². The van der Waals surface area contributed by atoms with Gasteiger partial charge in [0.15, 0.2) is 0 Å². The van der Waals surface area contributed by atoms with Gasteiger partial charge >= 0.3 is 6.18 Å². The van der Waals surface area contributed by atoms with Crippen molar-refractivity contribution >= 4 is 0 Å². The number of aliphatic hydroxyl groups excluding tert-OH is 1. The fraction of sp³-hybridized carbons (Fsp3) is 0.389. The molecule has 1 atom stereocenters. The Hall–Kier alpha value is -1.99. The third-order valence-corrected chi connectivity index (χ3v) is 3.84. The number of rotatable bonds is 7. The van der Waals surface area contributed by atoms with Crippen molar-refractivity contribution < 1.29 is 22.7 Å². The molecule has 7 heteroatoms. The maximum Gasteiger partial charge on any atom is 0.416 e. The van der Waals surface area contributed by atoms with Gasteiger partial charge < -0.3 is 10.4 Å². The summed E-state index contributed by atoms with van der Waals surface area (Å²) >= 11 is 0. The average molecular weight is 356 g/mol. The first-order chi connectivity index (χ1) is 11.8. The maximum absolute atomic E-state index is 13.9. The highest BCUT2D eigenvalue weighted by Crippen LogP contribution is 2.30. The molecule has 1 heterocycles. The number of pyridine rings is 1. The summed E-state index contributed by atoms with van der Waals surface area (Å²) in [5.41, 5.74) is 0.280. The van der Waals surface area contributed by atoms with E-state index in [9.17, 15) is 22.7 Å². The normalized spacial score (nSPS) is 13.0. The molecule has 0 aliphatic heterocycles. The minimum Gasteiger partial charge on any atom is -0.395 e. The maximum atomic E-state index is 13.9. The Morgan fingerprint density at radius 1 is 1.12 bits per heavy atom. The lowest BCUT2D eigenvalue weighted by Gasteiger charge is -2.15. The molecule has 0 saturated heterocycles. The number of halogens is 4. The zero-order valence-corrected chi connectivity index (χ0v) is 13.8. The molecule has 0 saturated carbocycles. The van der Waals surface area contributed by atoms with E-state index < -0.39 is 17.6 Å². The second-order valence-corrected chi connectivity index (χ2v) is 5.75. The number of benzene rings is 1. The fourth-order valence-electron chi connectivity index (χ4n) is 2.45. The third kappa shape index (κ3) is 5.24. The second-order valence-electron chi connectivity index (χ2n) is 5.75. The van der Waals surface area contributed by atoms with Gasteiger partial charge in [-0.2, -0.15) is 13.2 Å². The van der Waals surface area contributed by atoms with Crippen LogP contribution in [-0.2, 0) is 12.7 Å². The first-order valence-corrected chi connectivity index (χ1v) is 8.02. The minimum atomic E-state index is -4.40. The predicted octanol–water partition coefficient (Wildman–Crippen LogP) is 4.16. The molecule has 25 heavy (non-hydrogen) atoms. The third-order valence-electron chi connectivity index (χ3n) is 3.84.